The molecule has 2 aromatic carbocycles. The number of nitrogens with zero attached hydrogens (tertiary/aromatic N) is 2. The van der Waals surface area contributed by atoms with Gasteiger partial charge in [0.25, 0.3) is 0 Å². The van der Waals surface area contributed by atoms with Crippen LogP contribution in [0.2, 0.25) is 0 Å². The maximum absolute atomic E-state index is 12.6. The molecular formula is C21H25N3O5S. The predicted molar refractivity (Wildman–Crippen MR) is 113 cm³/mol. The van der Waals surface area contributed by atoms with Crippen molar-refractivity contribution >= 4 is 27.0 Å². The van der Waals surface area contributed by atoms with Crippen LogP contribution in [0.5, 0.6) is 5.75 Å². The van der Waals surface area contributed by atoms with E-state index in [1.807, 2.05) is 11.5 Å². The molecule has 0 atom stereocenters. The van der Waals surface area contributed by atoms with E-state index >= 15 is 0 Å². The van der Waals surface area contributed by atoms with Gasteiger partial charge in [0.05, 0.1) is 22.5 Å². The highest BCUT2D eigenvalue weighted by Crippen LogP contribution is 2.23. The van der Waals surface area contributed by atoms with Gasteiger partial charge in [-0.3, -0.25) is 0 Å². The van der Waals surface area contributed by atoms with Crippen LogP contribution in [0.1, 0.15) is 42.9 Å². The average molecular weight is 432 g/mol. The summed E-state index contributed by atoms with van der Waals surface area (Å²) in [5.74, 6) is 0.480. The first-order chi connectivity index (χ1) is 14.3. The van der Waals surface area contributed by atoms with Crippen LogP contribution in [0.15, 0.2) is 47.4 Å². The molecule has 0 fully saturated rings. The molecule has 1 aromatic heterocycles. The van der Waals surface area contributed by atoms with E-state index in [0.29, 0.717) is 35.8 Å². The Morgan fingerprint density at radius 3 is 2.63 bits per heavy atom. The third-order valence-corrected chi connectivity index (χ3v) is 5.51. The van der Waals surface area contributed by atoms with Gasteiger partial charge in [-0.1, -0.05) is 25.5 Å². The summed E-state index contributed by atoms with van der Waals surface area (Å²) in [6.45, 7) is 4.96. The first-order valence-electron chi connectivity index (χ1n) is 9.76. The molecule has 160 valence electrons. The van der Waals surface area contributed by atoms with E-state index in [1.54, 1.807) is 30.3 Å². The summed E-state index contributed by atoms with van der Waals surface area (Å²) in [6.07, 6.45) is 1.87. The second-order valence-corrected chi connectivity index (χ2v) is 8.30. The molecule has 0 spiro atoms. The third kappa shape index (κ3) is 4.80. The van der Waals surface area contributed by atoms with E-state index in [1.165, 1.54) is 12.1 Å². The lowest BCUT2D eigenvalue weighted by Crippen LogP contribution is -2.12. The van der Waals surface area contributed by atoms with Gasteiger partial charge >= 0.3 is 5.97 Å². The van der Waals surface area contributed by atoms with E-state index in [9.17, 15) is 13.2 Å². The number of ether oxygens (including phenoxy) is 2. The Bertz CT molecular complexity index is 1150. The number of nitrogens with two attached hydrogens (primary N) is 1. The number of fused-ring (bicyclic) bond motifs is 1. The summed E-state index contributed by atoms with van der Waals surface area (Å²) in [4.78, 5) is 17.1. The van der Waals surface area contributed by atoms with Crippen molar-refractivity contribution in [3.63, 3.8) is 0 Å². The number of unbranched alkanes of at least 4 members (excludes halogenated alkanes) is 1. The van der Waals surface area contributed by atoms with Gasteiger partial charge in [0.1, 0.15) is 23.7 Å². The van der Waals surface area contributed by atoms with E-state index in [2.05, 4.69) is 11.9 Å². The summed E-state index contributed by atoms with van der Waals surface area (Å²) < 4.78 is 36.3. The first kappa shape index (κ1) is 21.8. The van der Waals surface area contributed by atoms with Crippen LogP contribution in [0.4, 0.5) is 0 Å². The maximum Gasteiger partial charge on any atom is 0.342 e. The first-order valence-corrected chi connectivity index (χ1v) is 11.3. The van der Waals surface area contributed by atoms with Crippen molar-refractivity contribution < 1.29 is 22.7 Å². The van der Waals surface area contributed by atoms with Gasteiger partial charge in [0, 0.05) is 6.54 Å². The number of esters is 1. The van der Waals surface area contributed by atoms with E-state index in [-0.39, 0.29) is 11.5 Å². The number of aromatic nitrogens is 2. The van der Waals surface area contributed by atoms with E-state index in [4.69, 9.17) is 14.6 Å². The number of para-hydroxylation sites is 1. The Morgan fingerprint density at radius 2 is 1.93 bits per heavy atom. The highest BCUT2D eigenvalue weighted by molar-refractivity contribution is 7.89. The van der Waals surface area contributed by atoms with E-state index in [0.717, 1.165) is 18.4 Å². The molecule has 8 nitrogen and oxygen atoms in total. The third-order valence-electron chi connectivity index (χ3n) is 4.60. The molecule has 0 amide bonds. The Hall–Kier alpha value is -2.91. The highest BCUT2D eigenvalue weighted by Gasteiger charge is 2.18. The SMILES string of the molecule is CCCCn1c(COC(=O)c2ccccc2OCC)nc2cc(S(N)(=O)=O)ccc21. The van der Waals surface area contributed by atoms with Crippen LogP contribution >= 0.6 is 0 Å². The molecule has 0 unspecified atom stereocenters. The van der Waals surface area contributed by atoms with Gasteiger partial charge in [-0.05, 0) is 43.7 Å². The van der Waals surface area contributed by atoms with Crippen LogP contribution in [0.3, 0.4) is 0 Å². The molecule has 0 aliphatic heterocycles. The Labute approximate surface area is 175 Å². The normalized spacial score (nSPS) is 11.6. The van der Waals surface area contributed by atoms with Crippen molar-refractivity contribution in [1.29, 1.82) is 0 Å². The number of sulfonamides is 1. The number of imidazole rings is 1. The summed E-state index contributed by atoms with van der Waals surface area (Å²) in [7, 11) is -3.84. The summed E-state index contributed by atoms with van der Waals surface area (Å²) in [6, 6.07) is 11.4. The zero-order chi connectivity index (χ0) is 21.7. The van der Waals surface area contributed by atoms with Crippen molar-refractivity contribution in [3.8, 4) is 5.75 Å². The minimum Gasteiger partial charge on any atom is -0.493 e. The lowest BCUT2D eigenvalue weighted by atomic mass is 10.2. The van der Waals surface area contributed by atoms with Gasteiger partial charge in [0.2, 0.25) is 10.0 Å². The standard InChI is InChI=1S/C21H25N3O5S/c1-3-5-12-24-18-11-10-15(30(22,26)27)13-17(18)23-20(24)14-29-21(25)16-8-6-7-9-19(16)28-4-2/h6-11,13H,3-5,12,14H2,1-2H3,(H2,22,26,27). The predicted octanol–water partition coefficient (Wildman–Crippen LogP) is 3.24. The minimum absolute atomic E-state index is 0.00988. The fourth-order valence-corrected chi connectivity index (χ4v) is 3.67. The fraction of sp³-hybridized carbons (Fsp3) is 0.333. The van der Waals surface area contributed by atoms with Gasteiger partial charge in [-0.15, -0.1) is 0 Å². The van der Waals surface area contributed by atoms with Crippen molar-refractivity contribution in [2.45, 2.75) is 44.7 Å². The number of hydrogen-bond donors (Lipinski definition) is 1. The smallest absolute Gasteiger partial charge is 0.342 e. The number of hydrogen-bond acceptors (Lipinski definition) is 6. The molecule has 0 radical (unpaired) electrons. The van der Waals surface area contributed by atoms with Crippen molar-refractivity contribution in [2.24, 2.45) is 5.14 Å². The second-order valence-electron chi connectivity index (χ2n) is 6.73. The Balaban J connectivity index is 1.90. The molecule has 0 aliphatic rings. The number of primary sulfonamides is 1. The van der Waals surface area contributed by atoms with Gasteiger partial charge in [-0.25, -0.2) is 23.3 Å². The topological polar surface area (TPSA) is 114 Å². The molecule has 0 aliphatic carbocycles. The Kier molecular flexibility index (Phi) is 6.73. The van der Waals surface area contributed by atoms with Gasteiger partial charge < -0.3 is 14.0 Å². The minimum atomic E-state index is -3.84. The van der Waals surface area contributed by atoms with Crippen LogP contribution < -0.4 is 9.88 Å². The number of rotatable bonds is 9. The van der Waals surface area contributed by atoms with Crippen LogP contribution in [-0.4, -0.2) is 30.5 Å². The lowest BCUT2D eigenvalue weighted by Gasteiger charge is -2.11. The van der Waals surface area contributed by atoms with Crippen LogP contribution in [0, 0.1) is 0 Å². The quantitative estimate of drug-likeness (QED) is 0.520. The molecule has 2 N–H and O–H groups in total. The monoisotopic (exact) mass is 431 g/mol. The second kappa shape index (κ2) is 9.27. The Morgan fingerprint density at radius 1 is 1.17 bits per heavy atom. The van der Waals surface area contributed by atoms with Crippen molar-refractivity contribution in [1.82, 2.24) is 9.55 Å². The molecular weight excluding hydrogens is 406 g/mol. The zero-order valence-corrected chi connectivity index (χ0v) is 17.8. The highest BCUT2D eigenvalue weighted by atomic mass is 32.2. The summed E-state index contributed by atoms with van der Waals surface area (Å²) in [5, 5.41) is 5.23. The molecule has 30 heavy (non-hydrogen) atoms. The van der Waals surface area contributed by atoms with Crippen molar-refractivity contribution in [2.75, 3.05) is 6.61 Å². The molecule has 1 heterocycles. The van der Waals surface area contributed by atoms with E-state index < -0.39 is 16.0 Å². The number of carbonyl (C=O) groups is 1. The van der Waals surface area contributed by atoms with Gasteiger partial charge in [0.15, 0.2) is 0 Å². The van der Waals surface area contributed by atoms with Crippen LogP contribution in [0.25, 0.3) is 11.0 Å². The molecule has 0 saturated heterocycles. The maximum atomic E-state index is 12.6. The zero-order valence-electron chi connectivity index (χ0n) is 17.0. The molecule has 3 rings (SSSR count). The molecule has 0 saturated carbocycles. The lowest BCUT2D eigenvalue weighted by molar-refractivity contribution is 0.0454. The molecule has 0 bridgehead atoms. The molecule has 9 heteroatoms. The number of carbonyl (C=O) groups excluding carboxylic acids is 1. The van der Waals surface area contributed by atoms with Gasteiger partial charge in [-0.2, -0.15) is 0 Å². The number of benzene rings is 2. The fourth-order valence-electron chi connectivity index (χ4n) is 3.14. The average Bonchev–Trinajstić information content (AvgIpc) is 3.07. The molecule has 3 aromatic rings. The largest absolute Gasteiger partial charge is 0.493 e. The number of aryl methyl sites for hydroxylation is 1. The van der Waals surface area contributed by atoms with Crippen LogP contribution in [-0.2, 0) is 27.9 Å². The van der Waals surface area contributed by atoms with Crippen molar-refractivity contribution in [3.05, 3.63) is 53.9 Å². The summed E-state index contributed by atoms with van der Waals surface area (Å²) in [5.41, 5.74) is 1.59. The summed E-state index contributed by atoms with van der Waals surface area (Å²) >= 11 is 0.